The molecule has 0 aromatic heterocycles. The van der Waals surface area contributed by atoms with Gasteiger partial charge in [0.05, 0.1) is 6.61 Å². The minimum Gasteiger partial charge on any atom is -0.492 e. The average Bonchev–Trinajstić information content (AvgIpc) is 2.51. The molecule has 25 heavy (non-hydrogen) atoms. The lowest BCUT2D eigenvalue weighted by molar-refractivity contribution is -0.159. The summed E-state index contributed by atoms with van der Waals surface area (Å²) in [5.41, 5.74) is 2.73. The normalized spacial score (nSPS) is 10.6. The summed E-state index contributed by atoms with van der Waals surface area (Å²) >= 11 is 0. The molecule has 0 saturated carbocycles. The molecule has 0 fully saturated rings. The fraction of sp³-hybridized carbons (Fsp3) is 0.556. The third-order valence-corrected chi connectivity index (χ3v) is 3.24. The molecule has 1 rings (SSSR count). The van der Waals surface area contributed by atoms with E-state index < -0.39 is 11.9 Å². The number of ether oxygens (including phenoxy) is 2. The number of nitrogens with one attached hydrogen (secondary N) is 1. The molecule has 0 unspecified atom stereocenters. The molecule has 7 nitrogen and oxygen atoms in total. The van der Waals surface area contributed by atoms with E-state index in [0.717, 1.165) is 25.4 Å². The fourth-order valence-corrected chi connectivity index (χ4v) is 1.81. The highest BCUT2D eigenvalue weighted by Crippen LogP contribution is 2.27. The Kier molecular flexibility index (Phi) is 10.5. The molecule has 3 N–H and O–H groups in total. The molecular formula is C18H29NO6. The summed E-state index contributed by atoms with van der Waals surface area (Å²) in [6.45, 7) is 11.9. The molecule has 0 aliphatic carbocycles. The molecule has 0 aliphatic heterocycles. The van der Waals surface area contributed by atoms with Crippen molar-refractivity contribution in [1.29, 1.82) is 0 Å². The van der Waals surface area contributed by atoms with Crippen molar-refractivity contribution < 1.29 is 29.3 Å². The van der Waals surface area contributed by atoms with Crippen molar-refractivity contribution >= 4 is 11.9 Å². The first-order valence-corrected chi connectivity index (χ1v) is 7.99. The molecule has 0 amide bonds. The predicted molar refractivity (Wildman–Crippen MR) is 95.4 cm³/mol. The Hall–Kier alpha value is -2.12. The number of rotatable bonds is 7. The van der Waals surface area contributed by atoms with E-state index in [0.29, 0.717) is 6.61 Å². The van der Waals surface area contributed by atoms with Gasteiger partial charge >= 0.3 is 11.9 Å². The van der Waals surface area contributed by atoms with Crippen LogP contribution in [-0.4, -0.2) is 55.6 Å². The third kappa shape index (κ3) is 10.4. The lowest BCUT2D eigenvalue weighted by Crippen LogP contribution is -2.24. The molecule has 142 valence electrons. The summed E-state index contributed by atoms with van der Waals surface area (Å²) in [6, 6.07) is 6.44. The Balaban J connectivity index is 0.000000823. The number of aryl methyl sites for hydroxylation is 1. The standard InChI is InChI=1S/C16H27NO2.C2H2O4/c1-13-12-14(16(2,3)4)6-7-15(13)19-11-9-17-8-10-18-5;3-1(4)2(5)6/h6-7,12,17H,8-11H2,1-5H3;(H,3,4)(H,5,6). The van der Waals surface area contributed by atoms with Crippen molar-refractivity contribution in [2.24, 2.45) is 0 Å². The monoisotopic (exact) mass is 355 g/mol. The van der Waals surface area contributed by atoms with Gasteiger partial charge in [0, 0.05) is 20.2 Å². The number of carbonyl (C=O) groups is 2. The van der Waals surface area contributed by atoms with E-state index in [2.05, 4.69) is 51.2 Å². The van der Waals surface area contributed by atoms with Crippen LogP contribution in [0.25, 0.3) is 0 Å². The van der Waals surface area contributed by atoms with Gasteiger partial charge in [0.25, 0.3) is 0 Å². The first-order chi connectivity index (χ1) is 11.6. The van der Waals surface area contributed by atoms with Crippen LogP contribution in [0.2, 0.25) is 0 Å². The lowest BCUT2D eigenvalue weighted by Gasteiger charge is -2.20. The van der Waals surface area contributed by atoms with Crippen LogP contribution in [0.3, 0.4) is 0 Å². The van der Waals surface area contributed by atoms with Crippen LogP contribution in [0.5, 0.6) is 5.75 Å². The summed E-state index contributed by atoms with van der Waals surface area (Å²) in [7, 11) is 1.71. The van der Waals surface area contributed by atoms with Crippen molar-refractivity contribution in [3.63, 3.8) is 0 Å². The maximum Gasteiger partial charge on any atom is 0.414 e. The van der Waals surface area contributed by atoms with Crippen LogP contribution in [0.4, 0.5) is 0 Å². The van der Waals surface area contributed by atoms with Crippen molar-refractivity contribution in [3.05, 3.63) is 29.3 Å². The molecule has 0 bridgehead atoms. The molecular weight excluding hydrogens is 326 g/mol. The third-order valence-electron chi connectivity index (χ3n) is 3.24. The van der Waals surface area contributed by atoms with E-state index in [1.807, 2.05) is 0 Å². The number of carboxylic acids is 2. The van der Waals surface area contributed by atoms with Crippen LogP contribution >= 0.6 is 0 Å². The Morgan fingerprint density at radius 1 is 1.08 bits per heavy atom. The number of hydrogen-bond donors (Lipinski definition) is 3. The van der Waals surface area contributed by atoms with Crippen molar-refractivity contribution in [2.75, 3.05) is 33.4 Å². The van der Waals surface area contributed by atoms with Crippen LogP contribution < -0.4 is 10.1 Å². The molecule has 1 aromatic rings. The quantitative estimate of drug-likeness (QED) is 0.508. The topological polar surface area (TPSA) is 105 Å². The summed E-state index contributed by atoms with van der Waals surface area (Å²) in [5.74, 6) is -2.67. The summed E-state index contributed by atoms with van der Waals surface area (Å²) in [5, 5.41) is 18.0. The van der Waals surface area contributed by atoms with E-state index in [9.17, 15) is 0 Å². The molecule has 0 atom stereocenters. The molecule has 1 aromatic carbocycles. The van der Waals surface area contributed by atoms with Crippen LogP contribution in [0, 0.1) is 6.92 Å². The first-order valence-electron chi connectivity index (χ1n) is 7.99. The van der Waals surface area contributed by atoms with Gasteiger partial charge in [-0.25, -0.2) is 9.59 Å². The minimum atomic E-state index is -1.82. The van der Waals surface area contributed by atoms with Gasteiger partial charge in [-0.3, -0.25) is 0 Å². The first kappa shape index (κ1) is 22.9. The second-order valence-electron chi connectivity index (χ2n) is 6.43. The maximum absolute atomic E-state index is 9.10. The van der Waals surface area contributed by atoms with Gasteiger partial charge in [0.2, 0.25) is 0 Å². The minimum absolute atomic E-state index is 0.186. The smallest absolute Gasteiger partial charge is 0.414 e. The molecule has 7 heteroatoms. The Morgan fingerprint density at radius 3 is 2.08 bits per heavy atom. The molecule has 0 aliphatic rings. The van der Waals surface area contributed by atoms with Crippen molar-refractivity contribution in [2.45, 2.75) is 33.1 Å². The molecule has 0 spiro atoms. The Bertz CT molecular complexity index is 539. The second-order valence-corrected chi connectivity index (χ2v) is 6.43. The molecule has 0 saturated heterocycles. The summed E-state index contributed by atoms with van der Waals surface area (Å²) < 4.78 is 10.7. The predicted octanol–water partition coefficient (Wildman–Crippen LogP) is 2.06. The lowest BCUT2D eigenvalue weighted by atomic mass is 9.86. The van der Waals surface area contributed by atoms with Crippen molar-refractivity contribution in [3.8, 4) is 5.75 Å². The van der Waals surface area contributed by atoms with Crippen LogP contribution in [0.1, 0.15) is 31.9 Å². The van der Waals surface area contributed by atoms with E-state index >= 15 is 0 Å². The van der Waals surface area contributed by atoms with Gasteiger partial charge in [0.1, 0.15) is 12.4 Å². The Labute approximate surface area is 149 Å². The zero-order valence-electron chi connectivity index (χ0n) is 15.6. The fourth-order valence-electron chi connectivity index (χ4n) is 1.81. The molecule has 0 radical (unpaired) electrons. The number of aliphatic carboxylic acids is 2. The SMILES string of the molecule is COCCNCCOc1ccc(C(C)(C)C)cc1C.O=C(O)C(=O)O. The van der Waals surface area contributed by atoms with Gasteiger partial charge in [-0.05, 0) is 29.5 Å². The zero-order valence-corrected chi connectivity index (χ0v) is 15.6. The van der Waals surface area contributed by atoms with E-state index in [1.54, 1.807) is 7.11 Å². The van der Waals surface area contributed by atoms with Crippen molar-refractivity contribution in [1.82, 2.24) is 5.32 Å². The van der Waals surface area contributed by atoms with Gasteiger partial charge < -0.3 is 25.0 Å². The molecule has 0 heterocycles. The average molecular weight is 355 g/mol. The number of hydrogen-bond acceptors (Lipinski definition) is 5. The van der Waals surface area contributed by atoms with E-state index in [1.165, 1.54) is 11.1 Å². The highest BCUT2D eigenvalue weighted by Gasteiger charge is 2.14. The number of methoxy groups -OCH3 is 1. The largest absolute Gasteiger partial charge is 0.492 e. The summed E-state index contributed by atoms with van der Waals surface area (Å²) in [4.78, 5) is 18.2. The van der Waals surface area contributed by atoms with Gasteiger partial charge in [-0.1, -0.05) is 32.9 Å². The van der Waals surface area contributed by atoms with E-state index in [-0.39, 0.29) is 5.41 Å². The van der Waals surface area contributed by atoms with Gasteiger partial charge in [0.15, 0.2) is 0 Å². The van der Waals surface area contributed by atoms with Gasteiger partial charge in [-0.15, -0.1) is 0 Å². The van der Waals surface area contributed by atoms with E-state index in [4.69, 9.17) is 29.3 Å². The highest BCUT2D eigenvalue weighted by atomic mass is 16.5. The van der Waals surface area contributed by atoms with Crippen LogP contribution in [0.15, 0.2) is 18.2 Å². The second kappa shape index (κ2) is 11.4. The zero-order chi connectivity index (χ0) is 19.5. The maximum atomic E-state index is 9.10. The Morgan fingerprint density at radius 2 is 1.64 bits per heavy atom. The van der Waals surface area contributed by atoms with Gasteiger partial charge in [-0.2, -0.15) is 0 Å². The number of carboxylic acid groups (broad SMARTS) is 2. The summed E-state index contributed by atoms with van der Waals surface area (Å²) in [6.07, 6.45) is 0. The number of benzene rings is 1. The van der Waals surface area contributed by atoms with Crippen LogP contribution in [-0.2, 0) is 19.7 Å². The highest BCUT2D eigenvalue weighted by molar-refractivity contribution is 6.27.